The Bertz CT molecular complexity index is 976. The van der Waals surface area contributed by atoms with E-state index < -0.39 is 35.0 Å². The summed E-state index contributed by atoms with van der Waals surface area (Å²) in [6.45, 7) is 0.836. The van der Waals surface area contributed by atoms with Gasteiger partial charge in [-0.3, -0.25) is 14.6 Å². The Morgan fingerprint density at radius 2 is 1.90 bits per heavy atom. The van der Waals surface area contributed by atoms with E-state index >= 15 is 0 Å². The molecular weight excluding hydrogens is 410 g/mol. The van der Waals surface area contributed by atoms with Crippen LogP contribution in [0.1, 0.15) is 39.3 Å². The third-order valence-electron chi connectivity index (χ3n) is 5.12. The molecule has 0 bridgehead atoms. The first kappa shape index (κ1) is 22.3. The molecule has 1 saturated heterocycles. The highest BCUT2D eigenvalue weighted by atomic mass is 19.1. The highest BCUT2D eigenvalue weighted by Gasteiger charge is 2.41. The molecule has 1 aliphatic heterocycles. The number of benzene rings is 1. The molecule has 0 saturated carbocycles. The zero-order valence-corrected chi connectivity index (χ0v) is 16.8. The van der Waals surface area contributed by atoms with Crippen LogP contribution in [0.15, 0.2) is 36.5 Å². The zero-order valence-electron chi connectivity index (χ0n) is 16.8. The minimum absolute atomic E-state index is 0.0305. The number of esters is 1. The first-order valence-electron chi connectivity index (χ1n) is 9.64. The van der Waals surface area contributed by atoms with Crippen molar-refractivity contribution in [1.29, 1.82) is 0 Å². The maximum Gasteiger partial charge on any atom is 0.339 e. The summed E-state index contributed by atoms with van der Waals surface area (Å²) in [5.41, 5.74) is -0.871. The van der Waals surface area contributed by atoms with Gasteiger partial charge in [-0.2, -0.15) is 0 Å². The van der Waals surface area contributed by atoms with Crippen LogP contribution in [0.3, 0.4) is 0 Å². The molecule has 1 fully saturated rings. The Labute approximate surface area is 177 Å². The Kier molecular flexibility index (Phi) is 6.91. The number of carbonyl (C=O) groups excluding carboxylic acids is 3. The third-order valence-corrected chi connectivity index (χ3v) is 5.12. The lowest BCUT2D eigenvalue weighted by atomic mass is 9.86. The minimum atomic E-state index is -1.22. The summed E-state index contributed by atoms with van der Waals surface area (Å²) in [6, 6.07) is 5.87. The third kappa shape index (κ3) is 5.21. The standard InChI is InChI=1S/C21H22F2N4O4/c1-31-19(29)14-3-5-17(25-12-14)18(28)27-21(6-8-24-9-7-21)20(30)26-11-13-2-4-15(22)10-16(13)23/h2-5,10,12,24H,6-9,11H2,1H3,(H,26,30)(H,27,28). The van der Waals surface area contributed by atoms with Gasteiger partial charge >= 0.3 is 5.97 Å². The van der Waals surface area contributed by atoms with Crippen LogP contribution in [0.4, 0.5) is 8.78 Å². The van der Waals surface area contributed by atoms with Crippen LogP contribution in [-0.4, -0.2) is 48.5 Å². The van der Waals surface area contributed by atoms with Gasteiger partial charge in [0.25, 0.3) is 5.91 Å². The lowest BCUT2D eigenvalue weighted by Crippen LogP contribution is -2.62. The van der Waals surface area contributed by atoms with Crippen LogP contribution >= 0.6 is 0 Å². The largest absolute Gasteiger partial charge is 0.465 e. The first-order chi connectivity index (χ1) is 14.8. The van der Waals surface area contributed by atoms with Crippen molar-refractivity contribution in [2.75, 3.05) is 20.2 Å². The molecule has 3 rings (SSSR count). The van der Waals surface area contributed by atoms with Crippen LogP contribution in [0.5, 0.6) is 0 Å². The van der Waals surface area contributed by atoms with Gasteiger partial charge < -0.3 is 20.7 Å². The van der Waals surface area contributed by atoms with Crippen molar-refractivity contribution in [3.8, 4) is 0 Å². The molecule has 10 heteroatoms. The van der Waals surface area contributed by atoms with E-state index in [1.165, 1.54) is 31.5 Å². The molecule has 3 N–H and O–H groups in total. The van der Waals surface area contributed by atoms with Crippen LogP contribution in [0.25, 0.3) is 0 Å². The second-order valence-corrected chi connectivity index (χ2v) is 7.13. The fraction of sp³-hybridized carbons (Fsp3) is 0.333. The predicted octanol–water partition coefficient (Wildman–Crippen LogP) is 1.31. The minimum Gasteiger partial charge on any atom is -0.465 e. The van der Waals surface area contributed by atoms with Crippen molar-refractivity contribution in [3.05, 3.63) is 65.0 Å². The van der Waals surface area contributed by atoms with E-state index in [0.717, 1.165) is 12.1 Å². The van der Waals surface area contributed by atoms with Crippen molar-refractivity contribution in [3.63, 3.8) is 0 Å². The average molecular weight is 432 g/mol. The van der Waals surface area contributed by atoms with Gasteiger partial charge in [-0.15, -0.1) is 0 Å². The molecule has 1 aromatic carbocycles. The smallest absolute Gasteiger partial charge is 0.339 e. The van der Waals surface area contributed by atoms with E-state index in [4.69, 9.17) is 0 Å². The van der Waals surface area contributed by atoms with Crippen LogP contribution in [-0.2, 0) is 16.1 Å². The van der Waals surface area contributed by atoms with Gasteiger partial charge in [-0.05, 0) is 44.1 Å². The van der Waals surface area contributed by atoms with Gasteiger partial charge in [0.2, 0.25) is 5.91 Å². The number of aromatic nitrogens is 1. The van der Waals surface area contributed by atoms with Gasteiger partial charge in [0, 0.05) is 24.4 Å². The number of halogens is 2. The number of hydrogen-bond donors (Lipinski definition) is 3. The fourth-order valence-electron chi connectivity index (χ4n) is 3.32. The SMILES string of the molecule is COC(=O)c1ccc(C(=O)NC2(C(=O)NCc3ccc(F)cc3F)CCNCC2)nc1. The summed E-state index contributed by atoms with van der Waals surface area (Å²) in [5.74, 6) is -3.11. The maximum absolute atomic E-state index is 13.9. The lowest BCUT2D eigenvalue weighted by Gasteiger charge is -2.36. The highest BCUT2D eigenvalue weighted by Crippen LogP contribution is 2.20. The number of pyridine rings is 1. The molecule has 2 heterocycles. The molecule has 2 aromatic rings. The van der Waals surface area contributed by atoms with E-state index in [9.17, 15) is 23.2 Å². The number of methoxy groups -OCH3 is 1. The van der Waals surface area contributed by atoms with E-state index in [1.807, 2.05) is 0 Å². The lowest BCUT2D eigenvalue weighted by molar-refractivity contribution is -0.128. The maximum atomic E-state index is 13.9. The van der Waals surface area contributed by atoms with E-state index in [1.54, 1.807) is 0 Å². The number of carbonyl (C=O) groups is 3. The van der Waals surface area contributed by atoms with Gasteiger partial charge in [0.15, 0.2) is 0 Å². The number of piperidine rings is 1. The van der Waals surface area contributed by atoms with E-state index in [0.29, 0.717) is 25.9 Å². The summed E-state index contributed by atoms with van der Waals surface area (Å²) in [4.78, 5) is 41.2. The molecule has 0 radical (unpaired) electrons. The summed E-state index contributed by atoms with van der Waals surface area (Å²) >= 11 is 0. The van der Waals surface area contributed by atoms with Gasteiger partial charge in [0.05, 0.1) is 12.7 Å². The Hall–Kier alpha value is -3.40. The van der Waals surface area contributed by atoms with E-state index in [2.05, 4.69) is 25.7 Å². The molecule has 8 nitrogen and oxygen atoms in total. The van der Waals surface area contributed by atoms with Crippen molar-refractivity contribution < 1.29 is 27.9 Å². The highest BCUT2D eigenvalue weighted by molar-refractivity contribution is 5.98. The number of nitrogens with one attached hydrogen (secondary N) is 3. The number of nitrogens with zero attached hydrogens (tertiary/aromatic N) is 1. The topological polar surface area (TPSA) is 109 Å². The quantitative estimate of drug-likeness (QED) is 0.594. The molecule has 0 spiro atoms. The van der Waals surface area contributed by atoms with Gasteiger partial charge in [-0.25, -0.2) is 13.6 Å². The summed E-state index contributed by atoms with van der Waals surface area (Å²) in [6.07, 6.45) is 1.85. The van der Waals surface area contributed by atoms with Crippen molar-refractivity contribution in [2.45, 2.75) is 24.9 Å². The summed E-state index contributed by atoms with van der Waals surface area (Å²) in [7, 11) is 1.24. The van der Waals surface area contributed by atoms with Crippen molar-refractivity contribution in [1.82, 2.24) is 20.9 Å². The average Bonchev–Trinajstić information content (AvgIpc) is 2.78. The number of amides is 2. The van der Waals surface area contributed by atoms with Crippen LogP contribution in [0.2, 0.25) is 0 Å². The Balaban J connectivity index is 1.72. The van der Waals surface area contributed by atoms with Gasteiger partial charge in [0.1, 0.15) is 22.9 Å². The predicted molar refractivity (Wildman–Crippen MR) is 106 cm³/mol. The normalized spacial score (nSPS) is 15.1. The van der Waals surface area contributed by atoms with Crippen LogP contribution < -0.4 is 16.0 Å². The van der Waals surface area contributed by atoms with Crippen LogP contribution in [0, 0.1) is 11.6 Å². The zero-order chi connectivity index (χ0) is 22.4. The molecule has 1 aliphatic rings. The summed E-state index contributed by atoms with van der Waals surface area (Å²) in [5, 5.41) is 8.50. The first-order valence-corrected chi connectivity index (χ1v) is 9.64. The molecule has 31 heavy (non-hydrogen) atoms. The second-order valence-electron chi connectivity index (χ2n) is 7.13. The Morgan fingerprint density at radius 3 is 2.52 bits per heavy atom. The van der Waals surface area contributed by atoms with E-state index in [-0.39, 0.29) is 23.4 Å². The molecule has 164 valence electrons. The van der Waals surface area contributed by atoms with Crippen molar-refractivity contribution in [2.24, 2.45) is 0 Å². The molecule has 0 unspecified atom stereocenters. The number of rotatable bonds is 6. The molecular formula is C21H22F2N4O4. The number of ether oxygens (including phenoxy) is 1. The fourth-order valence-corrected chi connectivity index (χ4v) is 3.32. The molecule has 0 aliphatic carbocycles. The van der Waals surface area contributed by atoms with Crippen molar-refractivity contribution >= 4 is 17.8 Å². The molecule has 1 aromatic heterocycles. The second kappa shape index (κ2) is 9.61. The summed E-state index contributed by atoms with van der Waals surface area (Å²) < 4.78 is 31.5. The molecule has 0 atom stereocenters. The monoisotopic (exact) mass is 432 g/mol. The molecule has 2 amide bonds. The van der Waals surface area contributed by atoms with Gasteiger partial charge in [-0.1, -0.05) is 6.07 Å². The number of hydrogen-bond acceptors (Lipinski definition) is 6. The Morgan fingerprint density at radius 1 is 1.16 bits per heavy atom.